The Labute approximate surface area is 194 Å². The number of aliphatic hydroxyl groups is 1. The summed E-state index contributed by atoms with van der Waals surface area (Å²) in [5.41, 5.74) is 2.33. The van der Waals surface area contributed by atoms with Crippen LogP contribution in [0.4, 0.5) is 11.6 Å². The lowest BCUT2D eigenvalue weighted by molar-refractivity contribution is -0.149. The second-order valence-corrected chi connectivity index (χ2v) is 8.73. The van der Waals surface area contributed by atoms with E-state index in [1.807, 2.05) is 26.1 Å². The number of hydrogen-bond donors (Lipinski definition) is 2. The highest BCUT2D eigenvalue weighted by Gasteiger charge is 2.68. The summed E-state index contributed by atoms with van der Waals surface area (Å²) < 4.78 is 7.20. The number of amides is 1. The molecule has 1 aliphatic heterocycles. The molecule has 4 aromatic heterocycles. The summed E-state index contributed by atoms with van der Waals surface area (Å²) in [7, 11) is 3.57. The van der Waals surface area contributed by atoms with Crippen LogP contribution < -0.4 is 5.32 Å². The van der Waals surface area contributed by atoms with E-state index < -0.39 is 5.60 Å². The van der Waals surface area contributed by atoms with E-state index in [9.17, 15) is 9.90 Å². The maximum absolute atomic E-state index is 12.6. The molecule has 2 N–H and O–H groups in total. The molecule has 3 atom stereocenters. The monoisotopic (exact) mass is 458 g/mol. The summed E-state index contributed by atoms with van der Waals surface area (Å²) in [6, 6.07) is 8.89. The number of rotatable bonds is 5. The van der Waals surface area contributed by atoms with E-state index in [4.69, 9.17) is 4.52 Å². The van der Waals surface area contributed by atoms with Crippen molar-refractivity contribution in [3.8, 4) is 22.8 Å². The van der Waals surface area contributed by atoms with Gasteiger partial charge in [0, 0.05) is 38.3 Å². The van der Waals surface area contributed by atoms with Crippen molar-refractivity contribution in [2.24, 2.45) is 13.0 Å². The molecule has 1 saturated heterocycles. The first-order valence-electron chi connectivity index (χ1n) is 10.9. The van der Waals surface area contributed by atoms with Gasteiger partial charge in [0.05, 0.1) is 34.7 Å². The van der Waals surface area contributed by atoms with E-state index in [2.05, 4.69) is 30.5 Å². The molecule has 0 radical (unpaired) electrons. The van der Waals surface area contributed by atoms with Crippen LogP contribution >= 0.6 is 0 Å². The van der Waals surface area contributed by atoms with Gasteiger partial charge in [-0.1, -0.05) is 11.2 Å². The van der Waals surface area contributed by atoms with Crippen molar-refractivity contribution in [3.05, 3.63) is 54.2 Å². The van der Waals surface area contributed by atoms with Gasteiger partial charge in [-0.2, -0.15) is 5.10 Å². The Balaban J connectivity index is 1.29. The predicted octanol–water partition coefficient (Wildman–Crippen LogP) is 2.03. The molecule has 172 valence electrons. The predicted molar refractivity (Wildman–Crippen MR) is 121 cm³/mol. The van der Waals surface area contributed by atoms with Crippen LogP contribution in [0.25, 0.3) is 22.8 Å². The van der Waals surface area contributed by atoms with Gasteiger partial charge in [0.25, 0.3) is 5.91 Å². The van der Waals surface area contributed by atoms with Crippen molar-refractivity contribution in [1.82, 2.24) is 34.8 Å². The molecular formula is C23H22N8O3. The highest BCUT2D eigenvalue weighted by atomic mass is 16.5. The fourth-order valence-electron chi connectivity index (χ4n) is 4.52. The van der Waals surface area contributed by atoms with Crippen molar-refractivity contribution in [2.75, 3.05) is 12.4 Å². The van der Waals surface area contributed by atoms with Crippen LogP contribution in [0.3, 0.4) is 0 Å². The number of anilines is 2. The van der Waals surface area contributed by atoms with Crippen LogP contribution in [0.2, 0.25) is 0 Å². The summed E-state index contributed by atoms with van der Waals surface area (Å²) in [5, 5.41) is 22.6. The third-order valence-electron chi connectivity index (χ3n) is 6.73. The Bertz CT molecular complexity index is 1430. The van der Waals surface area contributed by atoms with Gasteiger partial charge in [0.1, 0.15) is 5.69 Å². The molecule has 0 aromatic carbocycles. The molecule has 0 spiro atoms. The Morgan fingerprint density at radius 2 is 1.91 bits per heavy atom. The van der Waals surface area contributed by atoms with E-state index in [0.717, 1.165) is 17.8 Å². The molecule has 6 rings (SSSR count). The van der Waals surface area contributed by atoms with E-state index in [-0.39, 0.29) is 23.6 Å². The summed E-state index contributed by atoms with van der Waals surface area (Å²) in [4.78, 5) is 27.7. The Hall–Kier alpha value is -4.12. The highest BCUT2D eigenvalue weighted by molar-refractivity contribution is 5.90. The van der Waals surface area contributed by atoms with E-state index in [0.29, 0.717) is 28.7 Å². The van der Waals surface area contributed by atoms with Crippen LogP contribution in [0.15, 0.2) is 47.2 Å². The molecule has 4 aromatic rings. The number of hydrogen-bond acceptors (Lipinski definition) is 9. The average molecular weight is 458 g/mol. The third kappa shape index (κ3) is 3.00. The molecule has 2 aliphatic rings. The van der Waals surface area contributed by atoms with Crippen LogP contribution in [0.5, 0.6) is 0 Å². The minimum atomic E-state index is -1.67. The maximum atomic E-state index is 12.6. The third-order valence-corrected chi connectivity index (χ3v) is 6.73. The minimum absolute atomic E-state index is 0.0588. The van der Waals surface area contributed by atoms with E-state index in [1.165, 1.54) is 0 Å². The van der Waals surface area contributed by atoms with E-state index in [1.54, 1.807) is 47.2 Å². The smallest absolute Gasteiger partial charge is 0.262 e. The molecule has 34 heavy (non-hydrogen) atoms. The lowest BCUT2D eigenvalue weighted by Gasteiger charge is -2.21. The number of nitrogens with zero attached hydrogens (tertiary/aromatic N) is 7. The lowest BCUT2D eigenvalue weighted by Crippen LogP contribution is -2.40. The molecule has 0 bridgehead atoms. The zero-order valence-electron chi connectivity index (χ0n) is 18.8. The molecule has 1 saturated carbocycles. The van der Waals surface area contributed by atoms with Crippen molar-refractivity contribution < 1.29 is 14.4 Å². The van der Waals surface area contributed by atoms with Gasteiger partial charge in [-0.25, -0.2) is 15.0 Å². The van der Waals surface area contributed by atoms with Gasteiger partial charge < -0.3 is 19.8 Å². The standard InChI is InChI=1S/C23H22N8O3/c1-12-18(11-25-31(12)3)28-22-24-8-7-16(27-22)14-5-4-6-15(26-14)17-10-20(34-29-17)23(33)13-9-19(13)30(2)21(23)32/h4-8,10-11,13,19,33H,9H2,1-3H3,(H,24,27,28). The molecule has 11 nitrogen and oxygen atoms in total. The number of aromatic nitrogens is 6. The number of nitrogens with one attached hydrogen (secondary N) is 1. The number of fused-ring (bicyclic) bond motifs is 1. The van der Waals surface area contributed by atoms with Gasteiger partial charge in [-0.15, -0.1) is 0 Å². The van der Waals surface area contributed by atoms with Crippen LogP contribution in [-0.4, -0.2) is 58.9 Å². The van der Waals surface area contributed by atoms with Crippen LogP contribution in [0, 0.1) is 12.8 Å². The number of carbonyl (C=O) groups excluding carboxylic acids is 1. The Morgan fingerprint density at radius 3 is 2.62 bits per heavy atom. The largest absolute Gasteiger partial charge is 0.373 e. The second-order valence-electron chi connectivity index (χ2n) is 8.73. The van der Waals surface area contributed by atoms with Gasteiger partial charge >= 0.3 is 0 Å². The zero-order valence-corrected chi connectivity index (χ0v) is 18.8. The summed E-state index contributed by atoms with van der Waals surface area (Å²) in [5.74, 6) is 0.0510. The van der Waals surface area contributed by atoms with Gasteiger partial charge in [-0.3, -0.25) is 9.48 Å². The molecule has 5 heterocycles. The molecule has 1 aliphatic carbocycles. The van der Waals surface area contributed by atoms with Crippen LogP contribution in [-0.2, 0) is 17.4 Å². The lowest BCUT2D eigenvalue weighted by atomic mass is 9.95. The number of pyridine rings is 1. The van der Waals surface area contributed by atoms with Crippen molar-refractivity contribution >= 4 is 17.5 Å². The Kier molecular flexibility index (Phi) is 4.33. The summed E-state index contributed by atoms with van der Waals surface area (Å²) >= 11 is 0. The first-order chi connectivity index (χ1) is 16.4. The van der Waals surface area contributed by atoms with Crippen molar-refractivity contribution in [2.45, 2.75) is 25.0 Å². The second kappa shape index (κ2) is 7.19. The van der Waals surface area contributed by atoms with Crippen molar-refractivity contribution in [3.63, 3.8) is 0 Å². The number of piperidine rings is 1. The maximum Gasteiger partial charge on any atom is 0.262 e. The molecule has 3 unspecified atom stereocenters. The molecule has 2 fully saturated rings. The van der Waals surface area contributed by atoms with Gasteiger partial charge in [-0.05, 0) is 31.5 Å². The van der Waals surface area contributed by atoms with Gasteiger partial charge in [0.2, 0.25) is 11.5 Å². The average Bonchev–Trinajstić information content (AvgIpc) is 3.34. The van der Waals surface area contributed by atoms with E-state index >= 15 is 0 Å². The number of aryl methyl sites for hydroxylation is 1. The first kappa shape index (κ1) is 20.5. The first-order valence-corrected chi connectivity index (χ1v) is 10.9. The fraction of sp³-hybridized carbons (Fsp3) is 0.304. The SMILES string of the molecule is Cc1c(Nc2nccc(-c3cccc(-c4cc(C5(O)C(=O)N(C)C6CC65)on4)n3)n2)cnn1C. The van der Waals surface area contributed by atoms with Crippen molar-refractivity contribution in [1.29, 1.82) is 0 Å². The van der Waals surface area contributed by atoms with Crippen LogP contribution in [0.1, 0.15) is 17.9 Å². The Morgan fingerprint density at radius 1 is 1.15 bits per heavy atom. The quantitative estimate of drug-likeness (QED) is 0.460. The normalized spacial score (nSPS) is 23.3. The summed E-state index contributed by atoms with van der Waals surface area (Å²) in [6.45, 7) is 1.95. The minimum Gasteiger partial charge on any atom is -0.373 e. The fourth-order valence-corrected chi connectivity index (χ4v) is 4.52. The molecule has 11 heteroatoms. The number of likely N-dealkylation sites (N-methyl/N-ethyl adjacent to an activating group) is 1. The topological polar surface area (TPSA) is 135 Å². The zero-order chi connectivity index (χ0) is 23.6. The molecular weight excluding hydrogens is 436 g/mol. The summed E-state index contributed by atoms with van der Waals surface area (Å²) in [6.07, 6.45) is 4.13. The number of carbonyl (C=O) groups is 1. The number of likely N-dealkylation sites (tertiary alicyclic amines) is 1. The highest BCUT2D eigenvalue weighted by Crippen LogP contribution is 2.55. The van der Waals surface area contributed by atoms with Gasteiger partial charge in [0.15, 0.2) is 5.76 Å². The molecule has 1 amide bonds.